The minimum absolute atomic E-state index is 0.200. The Morgan fingerprint density at radius 3 is 2.51 bits per heavy atom. The van der Waals surface area contributed by atoms with Crippen molar-refractivity contribution in [3.8, 4) is 33.7 Å². The van der Waals surface area contributed by atoms with E-state index in [0.29, 0.717) is 64.0 Å². The van der Waals surface area contributed by atoms with Crippen molar-refractivity contribution in [2.24, 2.45) is 7.05 Å². The van der Waals surface area contributed by atoms with Crippen LogP contribution in [0.5, 0.6) is 5.75 Å². The highest BCUT2D eigenvalue weighted by atomic mass is 35.5. The zero-order valence-electron chi connectivity index (χ0n) is 21.0. The summed E-state index contributed by atoms with van der Waals surface area (Å²) < 4.78 is 23.7. The van der Waals surface area contributed by atoms with Crippen molar-refractivity contribution in [2.45, 2.75) is 12.5 Å². The monoisotopic (exact) mass is 571 g/mol. The summed E-state index contributed by atoms with van der Waals surface area (Å²) >= 11 is 12.9. The average molecular weight is 572 g/mol. The fraction of sp³-hybridized carbons (Fsp3) is 0.222. The molecule has 1 unspecified atom stereocenters. The molecule has 39 heavy (non-hydrogen) atoms. The summed E-state index contributed by atoms with van der Waals surface area (Å²) in [5.74, 6) is 0.444. The van der Waals surface area contributed by atoms with E-state index < -0.39 is 11.9 Å². The highest BCUT2D eigenvalue weighted by Gasteiger charge is 2.26. The van der Waals surface area contributed by atoms with Gasteiger partial charge in [-0.2, -0.15) is 0 Å². The Morgan fingerprint density at radius 1 is 1.13 bits per heavy atom. The number of carboxylic acid groups (broad SMARTS) is 1. The quantitative estimate of drug-likeness (QED) is 0.308. The van der Waals surface area contributed by atoms with Gasteiger partial charge in [-0.15, -0.1) is 0 Å². The number of ether oxygens (including phenoxy) is 1. The molecule has 4 aromatic rings. The Bertz CT molecular complexity index is 1640. The van der Waals surface area contributed by atoms with Crippen LogP contribution in [0.25, 0.3) is 27.9 Å². The summed E-state index contributed by atoms with van der Waals surface area (Å²) in [6.45, 7) is 1.01. The van der Waals surface area contributed by atoms with E-state index in [2.05, 4.69) is 10.3 Å². The molecular formula is C27H24Cl2FN5O4. The first-order valence-corrected chi connectivity index (χ1v) is 12.7. The molecule has 1 aliphatic heterocycles. The Hall–Kier alpha value is -4.02. The molecule has 1 atom stereocenters. The van der Waals surface area contributed by atoms with E-state index in [1.54, 1.807) is 49.8 Å². The van der Waals surface area contributed by atoms with Gasteiger partial charge in [0.25, 0.3) is 0 Å². The number of rotatable bonds is 6. The van der Waals surface area contributed by atoms with Crippen LogP contribution in [0.3, 0.4) is 0 Å². The first-order valence-electron chi connectivity index (χ1n) is 12.0. The molecular weight excluding hydrogens is 548 g/mol. The van der Waals surface area contributed by atoms with Crippen molar-refractivity contribution in [1.82, 2.24) is 19.4 Å². The van der Waals surface area contributed by atoms with Crippen LogP contribution in [-0.2, 0) is 7.05 Å². The number of imidazole rings is 1. The third-order valence-electron chi connectivity index (χ3n) is 6.65. The topological polar surface area (TPSA) is 102 Å². The van der Waals surface area contributed by atoms with Gasteiger partial charge in [0.1, 0.15) is 22.5 Å². The number of hydrogen-bond acceptors (Lipinski definition) is 5. The third-order valence-corrected chi connectivity index (χ3v) is 7.15. The van der Waals surface area contributed by atoms with Crippen LogP contribution >= 0.6 is 23.2 Å². The zero-order chi connectivity index (χ0) is 27.8. The number of hydrogen-bond donors (Lipinski definition) is 2. The molecule has 5 rings (SSSR count). The number of nitrogens with zero attached hydrogens (tertiary/aromatic N) is 4. The minimum Gasteiger partial charge on any atom is -0.495 e. The lowest BCUT2D eigenvalue weighted by Gasteiger charge is -2.20. The van der Waals surface area contributed by atoms with Gasteiger partial charge in [0.05, 0.1) is 23.9 Å². The standard InChI is InChI=1S/C27H24Cl2FN5O4/c1-33-7-8-35(27(33)38)22-4-3-15(9-21(22)28)19-12-17(30)13-20(25(19)39-2)16-10-23(29)32-24(11-16)34-6-5-18(14-34)31-26(36)37/h3-4,7-13,18,31H,5-6,14H2,1-2H3,(H,36,37). The molecule has 0 saturated carbocycles. The molecule has 2 aromatic carbocycles. The molecule has 2 aromatic heterocycles. The number of anilines is 1. The molecule has 0 bridgehead atoms. The van der Waals surface area contributed by atoms with Gasteiger partial charge in [-0.1, -0.05) is 29.3 Å². The van der Waals surface area contributed by atoms with E-state index in [4.69, 9.17) is 33.0 Å². The maximum atomic E-state index is 15.0. The Morgan fingerprint density at radius 2 is 1.87 bits per heavy atom. The van der Waals surface area contributed by atoms with Crippen LogP contribution < -0.4 is 20.6 Å². The van der Waals surface area contributed by atoms with Gasteiger partial charge in [0, 0.05) is 43.7 Å². The summed E-state index contributed by atoms with van der Waals surface area (Å²) in [4.78, 5) is 29.7. The lowest BCUT2D eigenvalue weighted by molar-refractivity contribution is 0.191. The number of aromatic nitrogens is 3. The van der Waals surface area contributed by atoms with E-state index in [1.807, 2.05) is 4.90 Å². The molecule has 0 aliphatic carbocycles. The van der Waals surface area contributed by atoms with Crippen molar-refractivity contribution in [2.75, 3.05) is 25.1 Å². The molecule has 202 valence electrons. The molecule has 9 nitrogen and oxygen atoms in total. The fourth-order valence-electron chi connectivity index (χ4n) is 4.82. The molecule has 1 fully saturated rings. The number of methoxy groups -OCH3 is 1. The third kappa shape index (κ3) is 5.30. The predicted octanol–water partition coefficient (Wildman–Crippen LogP) is 5.21. The van der Waals surface area contributed by atoms with Crippen molar-refractivity contribution in [1.29, 1.82) is 0 Å². The molecule has 0 radical (unpaired) electrons. The Labute approximate surface area is 233 Å². The lowest BCUT2D eigenvalue weighted by Crippen LogP contribution is -2.36. The van der Waals surface area contributed by atoms with Crippen LogP contribution in [0.2, 0.25) is 10.2 Å². The van der Waals surface area contributed by atoms with Gasteiger partial charge in [-0.3, -0.25) is 4.57 Å². The summed E-state index contributed by atoms with van der Waals surface area (Å²) in [5.41, 5.74) is 2.33. The molecule has 1 aliphatic rings. The highest BCUT2D eigenvalue weighted by Crippen LogP contribution is 2.42. The maximum Gasteiger partial charge on any atom is 0.404 e. The van der Waals surface area contributed by atoms with Gasteiger partial charge in [0.15, 0.2) is 0 Å². The van der Waals surface area contributed by atoms with Gasteiger partial charge >= 0.3 is 11.8 Å². The molecule has 1 saturated heterocycles. The fourth-order valence-corrected chi connectivity index (χ4v) is 5.30. The predicted molar refractivity (Wildman–Crippen MR) is 148 cm³/mol. The second-order valence-corrected chi connectivity index (χ2v) is 9.97. The van der Waals surface area contributed by atoms with Crippen molar-refractivity contribution in [3.05, 3.63) is 81.3 Å². The van der Waals surface area contributed by atoms with Crippen LogP contribution in [0.1, 0.15) is 6.42 Å². The van der Waals surface area contributed by atoms with E-state index in [9.17, 15) is 9.59 Å². The van der Waals surface area contributed by atoms with Crippen molar-refractivity contribution < 1.29 is 19.0 Å². The average Bonchev–Trinajstić information content (AvgIpc) is 3.49. The lowest BCUT2D eigenvalue weighted by atomic mass is 9.97. The van der Waals surface area contributed by atoms with Crippen LogP contribution in [-0.4, -0.2) is 51.6 Å². The first kappa shape index (κ1) is 26.6. The number of aryl methyl sites for hydroxylation is 1. The second-order valence-electron chi connectivity index (χ2n) is 9.18. The van der Waals surface area contributed by atoms with Crippen molar-refractivity contribution in [3.63, 3.8) is 0 Å². The van der Waals surface area contributed by atoms with Gasteiger partial charge < -0.3 is 24.6 Å². The number of amides is 1. The van der Waals surface area contributed by atoms with Gasteiger partial charge in [-0.05, 0) is 53.9 Å². The maximum absolute atomic E-state index is 15.0. The molecule has 0 spiro atoms. The number of carbonyl (C=O) groups is 1. The summed E-state index contributed by atoms with van der Waals surface area (Å²) in [7, 11) is 3.14. The summed E-state index contributed by atoms with van der Waals surface area (Å²) in [5, 5.41) is 12.0. The molecule has 12 heteroatoms. The largest absolute Gasteiger partial charge is 0.495 e. The zero-order valence-corrected chi connectivity index (χ0v) is 22.5. The number of pyridine rings is 1. The Kier molecular flexibility index (Phi) is 7.24. The smallest absolute Gasteiger partial charge is 0.404 e. The second kappa shape index (κ2) is 10.6. The van der Waals surface area contributed by atoms with Crippen molar-refractivity contribution >= 4 is 35.1 Å². The normalized spacial score (nSPS) is 15.0. The number of nitrogens with one attached hydrogen (secondary N) is 1. The van der Waals surface area contributed by atoms with Crippen LogP contribution in [0.15, 0.2) is 59.7 Å². The van der Waals surface area contributed by atoms with E-state index in [1.165, 1.54) is 28.4 Å². The van der Waals surface area contributed by atoms with Crippen LogP contribution in [0, 0.1) is 5.82 Å². The molecule has 3 heterocycles. The number of halogens is 3. The molecule has 1 amide bonds. The Balaban J connectivity index is 1.55. The van der Waals surface area contributed by atoms with E-state index >= 15 is 4.39 Å². The minimum atomic E-state index is -1.08. The van der Waals surface area contributed by atoms with Crippen LogP contribution in [0.4, 0.5) is 15.0 Å². The first-order chi connectivity index (χ1) is 18.6. The highest BCUT2D eigenvalue weighted by molar-refractivity contribution is 6.32. The SMILES string of the molecule is COc1c(-c2cc(Cl)nc(N3CCC(NC(=O)O)C3)c2)cc(F)cc1-c1ccc(-n2ccn(C)c2=O)c(Cl)c1. The van der Waals surface area contributed by atoms with Gasteiger partial charge in [-0.25, -0.2) is 19.0 Å². The number of benzene rings is 2. The summed E-state index contributed by atoms with van der Waals surface area (Å²) in [6.07, 6.45) is 2.79. The van der Waals surface area contributed by atoms with E-state index in [0.717, 1.165) is 0 Å². The van der Waals surface area contributed by atoms with Gasteiger partial charge in [0.2, 0.25) is 0 Å². The van der Waals surface area contributed by atoms with E-state index in [-0.39, 0.29) is 16.9 Å². The summed E-state index contributed by atoms with van der Waals surface area (Å²) in [6, 6.07) is 11.0. The molecule has 2 N–H and O–H groups in total.